The maximum Gasteiger partial charge on any atom is 0.140 e. The van der Waals surface area contributed by atoms with Gasteiger partial charge in [-0.05, 0) is 24.1 Å². The summed E-state index contributed by atoms with van der Waals surface area (Å²) in [5.74, 6) is 0.579. The van der Waals surface area contributed by atoms with Gasteiger partial charge in [-0.2, -0.15) is 0 Å². The number of hydrogen-bond donors (Lipinski definition) is 0. The average Bonchev–Trinajstić information content (AvgIpc) is 2.06. The van der Waals surface area contributed by atoms with Crippen molar-refractivity contribution in [3.63, 3.8) is 0 Å². The van der Waals surface area contributed by atoms with Crippen molar-refractivity contribution in [3.05, 3.63) is 34.3 Å². The zero-order valence-corrected chi connectivity index (χ0v) is 8.17. The fourth-order valence-corrected chi connectivity index (χ4v) is 1.72. The predicted octanol–water partition coefficient (Wildman–Crippen LogP) is 2.90. The first-order chi connectivity index (χ1) is 5.77. The van der Waals surface area contributed by atoms with Gasteiger partial charge in [0.1, 0.15) is 5.78 Å². The fraction of sp³-hybridized carbons (Fsp3) is 0.300. The molecule has 0 spiro atoms. The molecule has 0 aliphatic heterocycles. The van der Waals surface area contributed by atoms with Gasteiger partial charge in [-0.15, -0.1) is 0 Å². The number of rotatable bonds is 1. The Morgan fingerprint density at radius 1 is 1.25 bits per heavy atom. The minimum absolute atomic E-state index is 0.193. The van der Waals surface area contributed by atoms with Gasteiger partial charge in [0.25, 0.3) is 0 Å². The van der Waals surface area contributed by atoms with Crippen molar-refractivity contribution in [3.8, 4) is 0 Å². The maximum atomic E-state index is 11.1. The minimum Gasteiger partial charge on any atom is -0.299 e. The fourth-order valence-electron chi connectivity index (χ4n) is 1.45. The second kappa shape index (κ2) is 3.02. The maximum absolute atomic E-state index is 11.1. The van der Waals surface area contributed by atoms with Crippen LogP contribution in [0.2, 0.25) is 0 Å². The van der Waals surface area contributed by atoms with E-state index in [9.17, 15) is 4.79 Å². The number of ketones is 1. The van der Waals surface area contributed by atoms with Gasteiger partial charge < -0.3 is 0 Å². The van der Waals surface area contributed by atoms with Crippen molar-refractivity contribution in [1.82, 2.24) is 0 Å². The SMILES string of the molecule is O=C1CC[C@H]1c1ccc(Br)cc1. The van der Waals surface area contributed by atoms with Crippen LogP contribution in [0.4, 0.5) is 0 Å². The highest BCUT2D eigenvalue weighted by molar-refractivity contribution is 9.10. The number of carbonyl (C=O) groups excluding carboxylic acids is 1. The van der Waals surface area contributed by atoms with E-state index in [0.717, 1.165) is 22.9 Å². The molecule has 1 aromatic carbocycles. The summed E-state index contributed by atoms with van der Waals surface area (Å²) in [4.78, 5) is 11.1. The molecule has 0 unspecified atom stereocenters. The van der Waals surface area contributed by atoms with E-state index in [2.05, 4.69) is 15.9 Å². The van der Waals surface area contributed by atoms with Crippen LogP contribution in [0, 0.1) is 0 Å². The van der Waals surface area contributed by atoms with Crippen molar-refractivity contribution in [2.75, 3.05) is 0 Å². The van der Waals surface area contributed by atoms with Crippen LogP contribution in [0.5, 0.6) is 0 Å². The third-order valence-corrected chi connectivity index (χ3v) is 2.87. The van der Waals surface area contributed by atoms with Gasteiger partial charge in [-0.25, -0.2) is 0 Å². The molecule has 1 nitrogen and oxygen atoms in total. The first-order valence-electron chi connectivity index (χ1n) is 4.05. The molecular formula is C10H9BrO. The number of carbonyl (C=O) groups is 1. The summed E-state index contributed by atoms with van der Waals surface area (Å²) in [6.45, 7) is 0. The average molecular weight is 225 g/mol. The van der Waals surface area contributed by atoms with E-state index in [0.29, 0.717) is 5.78 Å². The molecule has 12 heavy (non-hydrogen) atoms. The summed E-state index contributed by atoms with van der Waals surface area (Å²) in [5.41, 5.74) is 1.16. The Kier molecular flexibility index (Phi) is 2.01. The second-order valence-corrected chi connectivity index (χ2v) is 4.02. The zero-order valence-electron chi connectivity index (χ0n) is 6.59. The monoisotopic (exact) mass is 224 g/mol. The largest absolute Gasteiger partial charge is 0.299 e. The third kappa shape index (κ3) is 1.31. The second-order valence-electron chi connectivity index (χ2n) is 3.11. The number of Topliss-reactive ketones (excluding diaryl/α,β-unsaturated/α-hetero) is 1. The highest BCUT2D eigenvalue weighted by Crippen LogP contribution is 2.33. The lowest BCUT2D eigenvalue weighted by Gasteiger charge is -2.23. The molecular weight excluding hydrogens is 216 g/mol. The van der Waals surface area contributed by atoms with Crippen LogP contribution in [0.15, 0.2) is 28.7 Å². The molecule has 2 heteroatoms. The van der Waals surface area contributed by atoms with E-state index < -0.39 is 0 Å². The summed E-state index contributed by atoms with van der Waals surface area (Å²) in [6, 6.07) is 8.01. The molecule has 1 atom stereocenters. The van der Waals surface area contributed by atoms with Crippen LogP contribution < -0.4 is 0 Å². The topological polar surface area (TPSA) is 17.1 Å². The first-order valence-corrected chi connectivity index (χ1v) is 4.85. The van der Waals surface area contributed by atoms with E-state index in [1.807, 2.05) is 24.3 Å². The van der Waals surface area contributed by atoms with E-state index in [1.54, 1.807) is 0 Å². The standard InChI is InChI=1S/C10H9BrO/c11-8-3-1-7(2-4-8)9-5-6-10(9)12/h1-4,9H,5-6H2/t9-/m0/s1. The van der Waals surface area contributed by atoms with Gasteiger partial charge in [0.05, 0.1) is 0 Å². The van der Waals surface area contributed by atoms with Crippen molar-refractivity contribution in [2.45, 2.75) is 18.8 Å². The molecule has 1 fully saturated rings. The zero-order chi connectivity index (χ0) is 8.55. The van der Waals surface area contributed by atoms with Crippen molar-refractivity contribution in [1.29, 1.82) is 0 Å². The van der Waals surface area contributed by atoms with Gasteiger partial charge >= 0.3 is 0 Å². The molecule has 0 aromatic heterocycles. The van der Waals surface area contributed by atoms with E-state index in [-0.39, 0.29) is 5.92 Å². The lowest BCUT2D eigenvalue weighted by molar-refractivity contribution is -0.125. The Morgan fingerprint density at radius 2 is 1.92 bits per heavy atom. The minimum atomic E-state index is 0.193. The lowest BCUT2D eigenvalue weighted by Crippen LogP contribution is -2.22. The van der Waals surface area contributed by atoms with Crippen molar-refractivity contribution in [2.24, 2.45) is 0 Å². The first kappa shape index (κ1) is 7.99. The van der Waals surface area contributed by atoms with Crippen LogP contribution in [0.3, 0.4) is 0 Å². The van der Waals surface area contributed by atoms with Gasteiger partial charge in [-0.1, -0.05) is 28.1 Å². The van der Waals surface area contributed by atoms with E-state index in [4.69, 9.17) is 0 Å². The number of benzene rings is 1. The molecule has 2 rings (SSSR count). The molecule has 0 N–H and O–H groups in total. The molecule has 0 bridgehead atoms. The van der Waals surface area contributed by atoms with Crippen molar-refractivity contribution >= 4 is 21.7 Å². The van der Waals surface area contributed by atoms with Crippen LogP contribution in [-0.4, -0.2) is 5.78 Å². The summed E-state index contributed by atoms with van der Waals surface area (Å²) in [6.07, 6.45) is 1.79. The number of hydrogen-bond acceptors (Lipinski definition) is 1. The third-order valence-electron chi connectivity index (χ3n) is 2.34. The molecule has 0 saturated heterocycles. The molecule has 0 amide bonds. The Balaban J connectivity index is 2.23. The Bertz CT molecular complexity index is 302. The van der Waals surface area contributed by atoms with Gasteiger partial charge in [0.15, 0.2) is 0 Å². The van der Waals surface area contributed by atoms with Crippen LogP contribution in [0.1, 0.15) is 24.3 Å². The van der Waals surface area contributed by atoms with Gasteiger partial charge in [0.2, 0.25) is 0 Å². The summed E-state index contributed by atoms with van der Waals surface area (Å²) in [7, 11) is 0. The Hall–Kier alpha value is -0.630. The summed E-state index contributed by atoms with van der Waals surface area (Å²) >= 11 is 3.36. The summed E-state index contributed by atoms with van der Waals surface area (Å²) in [5, 5.41) is 0. The smallest absolute Gasteiger partial charge is 0.140 e. The van der Waals surface area contributed by atoms with Crippen molar-refractivity contribution < 1.29 is 4.79 Å². The van der Waals surface area contributed by atoms with E-state index in [1.165, 1.54) is 0 Å². The van der Waals surface area contributed by atoms with Crippen LogP contribution in [0.25, 0.3) is 0 Å². The predicted molar refractivity (Wildman–Crippen MR) is 51.1 cm³/mol. The highest BCUT2D eigenvalue weighted by atomic mass is 79.9. The molecule has 1 aliphatic rings. The molecule has 1 aromatic rings. The normalized spacial score (nSPS) is 22.1. The van der Waals surface area contributed by atoms with E-state index >= 15 is 0 Å². The molecule has 1 saturated carbocycles. The molecule has 62 valence electrons. The quantitative estimate of drug-likeness (QED) is 0.718. The molecule has 1 aliphatic carbocycles. The van der Waals surface area contributed by atoms with Crippen LogP contribution >= 0.6 is 15.9 Å². The van der Waals surface area contributed by atoms with Gasteiger partial charge in [-0.3, -0.25) is 4.79 Å². The lowest BCUT2D eigenvalue weighted by atomic mass is 9.79. The number of halogens is 1. The molecule has 0 heterocycles. The molecule has 0 radical (unpaired) electrons. The Morgan fingerprint density at radius 3 is 2.33 bits per heavy atom. The van der Waals surface area contributed by atoms with Gasteiger partial charge in [0, 0.05) is 16.8 Å². The highest BCUT2D eigenvalue weighted by Gasteiger charge is 2.28. The Labute approximate surface area is 79.9 Å². The summed E-state index contributed by atoms with van der Waals surface area (Å²) < 4.78 is 1.07. The van der Waals surface area contributed by atoms with Crippen LogP contribution in [-0.2, 0) is 4.79 Å².